The number of amides is 1. The third-order valence-corrected chi connectivity index (χ3v) is 2.63. The van der Waals surface area contributed by atoms with Crippen molar-refractivity contribution in [1.29, 1.82) is 5.26 Å². The van der Waals surface area contributed by atoms with Crippen LogP contribution < -0.4 is 4.90 Å². The first kappa shape index (κ1) is 9.72. The molecule has 0 atom stereocenters. The van der Waals surface area contributed by atoms with Crippen LogP contribution in [0.4, 0.5) is 5.69 Å². The van der Waals surface area contributed by atoms with E-state index in [9.17, 15) is 4.79 Å². The zero-order valence-corrected chi connectivity index (χ0v) is 8.44. The third-order valence-electron chi connectivity index (χ3n) is 2.63. The highest BCUT2D eigenvalue weighted by Crippen LogP contribution is 2.25. The molecule has 1 aromatic rings. The molecule has 1 heterocycles. The van der Waals surface area contributed by atoms with E-state index in [4.69, 9.17) is 5.26 Å². The van der Waals surface area contributed by atoms with Crippen molar-refractivity contribution in [3.8, 4) is 6.07 Å². The van der Waals surface area contributed by atoms with Crippen molar-refractivity contribution < 1.29 is 4.79 Å². The van der Waals surface area contributed by atoms with Crippen LogP contribution in [0.15, 0.2) is 24.3 Å². The summed E-state index contributed by atoms with van der Waals surface area (Å²) < 4.78 is 0. The fourth-order valence-corrected chi connectivity index (χ4v) is 1.91. The van der Waals surface area contributed by atoms with Gasteiger partial charge in [-0.25, -0.2) is 0 Å². The molecular weight excluding hydrogens is 188 g/mol. The molecule has 0 unspecified atom stereocenters. The smallest absolute Gasteiger partial charge is 0.227 e. The highest BCUT2D eigenvalue weighted by molar-refractivity contribution is 5.96. The predicted octanol–water partition coefficient (Wildman–Crippen LogP) is 1.88. The van der Waals surface area contributed by atoms with Crippen molar-refractivity contribution in [1.82, 2.24) is 0 Å². The normalized spacial score (nSPS) is 15.4. The summed E-state index contributed by atoms with van der Waals surface area (Å²) in [5.41, 5.74) is 1.84. The van der Waals surface area contributed by atoms with E-state index < -0.39 is 0 Å². The number of para-hydroxylation sites is 1. The molecule has 1 aliphatic rings. The van der Waals surface area contributed by atoms with Crippen LogP contribution >= 0.6 is 0 Å². The summed E-state index contributed by atoms with van der Waals surface area (Å²) >= 11 is 0. The van der Waals surface area contributed by atoms with E-state index in [-0.39, 0.29) is 5.91 Å². The molecule has 0 spiro atoms. The number of nitrogens with zero attached hydrogens (tertiary/aromatic N) is 2. The first-order chi connectivity index (χ1) is 7.33. The van der Waals surface area contributed by atoms with E-state index in [0.717, 1.165) is 24.2 Å². The number of anilines is 1. The van der Waals surface area contributed by atoms with Crippen LogP contribution in [-0.4, -0.2) is 12.5 Å². The van der Waals surface area contributed by atoms with Crippen molar-refractivity contribution in [3.05, 3.63) is 29.8 Å². The fourth-order valence-electron chi connectivity index (χ4n) is 1.91. The van der Waals surface area contributed by atoms with Gasteiger partial charge < -0.3 is 4.90 Å². The van der Waals surface area contributed by atoms with Gasteiger partial charge in [0.2, 0.25) is 5.91 Å². The summed E-state index contributed by atoms with van der Waals surface area (Å²) in [5.74, 6) is 0.167. The molecule has 1 aromatic carbocycles. The van der Waals surface area contributed by atoms with Gasteiger partial charge in [0.25, 0.3) is 0 Å². The summed E-state index contributed by atoms with van der Waals surface area (Å²) in [4.78, 5) is 13.4. The molecular formula is C12H12N2O. The largest absolute Gasteiger partial charge is 0.312 e. The second kappa shape index (κ2) is 4.14. The molecule has 1 fully saturated rings. The summed E-state index contributed by atoms with van der Waals surface area (Å²) in [5, 5.41) is 8.70. The van der Waals surface area contributed by atoms with Crippen LogP contribution in [0.2, 0.25) is 0 Å². The van der Waals surface area contributed by atoms with Gasteiger partial charge in [0.15, 0.2) is 0 Å². The van der Waals surface area contributed by atoms with E-state index in [1.165, 1.54) is 0 Å². The molecule has 0 radical (unpaired) electrons. The van der Waals surface area contributed by atoms with E-state index in [1.807, 2.05) is 24.3 Å². The molecule has 0 N–H and O–H groups in total. The van der Waals surface area contributed by atoms with Crippen molar-refractivity contribution in [3.63, 3.8) is 0 Å². The molecule has 1 amide bonds. The van der Waals surface area contributed by atoms with Crippen LogP contribution in [-0.2, 0) is 11.2 Å². The van der Waals surface area contributed by atoms with Gasteiger partial charge in [-0.1, -0.05) is 18.2 Å². The number of hydrogen-bond acceptors (Lipinski definition) is 2. The number of carbonyl (C=O) groups is 1. The van der Waals surface area contributed by atoms with Crippen LogP contribution in [0.5, 0.6) is 0 Å². The minimum atomic E-state index is 0.167. The van der Waals surface area contributed by atoms with Crippen molar-refractivity contribution in [2.45, 2.75) is 19.3 Å². The zero-order chi connectivity index (χ0) is 10.7. The van der Waals surface area contributed by atoms with E-state index in [2.05, 4.69) is 6.07 Å². The standard InChI is InChI=1S/C12H12N2O/c13-8-7-10-4-1-2-5-11(10)14-9-3-6-12(14)15/h1-2,4-5H,3,6-7,9H2. The highest BCUT2D eigenvalue weighted by Gasteiger charge is 2.23. The summed E-state index contributed by atoms with van der Waals surface area (Å²) in [6.07, 6.45) is 1.90. The quantitative estimate of drug-likeness (QED) is 0.731. The van der Waals surface area contributed by atoms with Crippen LogP contribution in [0, 0.1) is 11.3 Å². The van der Waals surface area contributed by atoms with Crippen LogP contribution in [0.1, 0.15) is 18.4 Å². The lowest BCUT2D eigenvalue weighted by Gasteiger charge is -2.18. The topological polar surface area (TPSA) is 44.1 Å². The molecule has 3 nitrogen and oxygen atoms in total. The Labute approximate surface area is 88.9 Å². The molecule has 1 aliphatic heterocycles. The highest BCUT2D eigenvalue weighted by atomic mass is 16.2. The van der Waals surface area contributed by atoms with Crippen LogP contribution in [0.3, 0.4) is 0 Å². The van der Waals surface area contributed by atoms with E-state index in [0.29, 0.717) is 12.8 Å². The minimum absolute atomic E-state index is 0.167. The second-order valence-electron chi connectivity index (χ2n) is 3.61. The molecule has 3 heteroatoms. The predicted molar refractivity (Wildman–Crippen MR) is 57.3 cm³/mol. The lowest BCUT2D eigenvalue weighted by Crippen LogP contribution is -2.24. The van der Waals surface area contributed by atoms with Gasteiger partial charge in [-0.15, -0.1) is 0 Å². The van der Waals surface area contributed by atoms with Gasteiger partial charge in [0.1, 0.15) is 0 Å². The van der Waals surface area contributed by atoms with E-state index >= 15 is 0 Å². The van der Waals surface area contributed by atoms with Crippen LogP contribution in [0.25, 0.3) is 0 Å². The Bertz CT molecular complexity index is 420. The molecule has 0 saturated carbocycles. The molecule has 2 rings (SSSR count). The fraction of sp³-hybridized carbons (Fsp3) is 0.333. The number of carbonyl (C=O) groups excluding carboxylic acids is 1. The molecule has 0 aliphatic carbocycles. The lowest BCUT2D eigenvalue weighted by atomic mass is 10.1. The maximum absolute atomic E-state index is 11.6. The van der Waals surface area contributed by atoms with E-state index in [1.54, 1.807) is 4.90 Å². The van der Waals surface area contributed by atoms with Gasteiger partial charge in [0, 0.05) is 18.7 Å². The first-order valence-corrected chi connectivity index (χ1v) is 5.08. The van der Waals surface area contributed by atoms with Gasteiger partial charge >= 0.3 is 0 Å². The maximum atomic E-state index is 11.6. The molecule has 0 bridgehead atoms. The number of benzene rings is 1. The van der Waals surface area contributed by atoms with Gasteiger partial charge in [0.05, 0.1) is 12.5 Å². The number of rotatable bonds is 2. The summed E-state index contributed by atoms with van der Waals surface area (Å²) in [6.45, 7) is 0.779. The Morgan fingerprint density at radius 3 is 2.87 bits per heavy atom. The maximum Gasteiger partial charge on any atom is 0.227 e. The Hall–Kier alpha value is -1.82. The summed E-state index contributed by atoms with van der Waals surface area (Å²) in [7, 11) is 0. The van der Waals surface area contributed by atoms with Crippen molar-refractivity contribution >= 4 is 11.6 Å². The molecule has 15 heavy (non-hydrogen) atoms. The molecule has 0 aromatic heterocycles. The number of nitriles is 1. The average molecular weight is 200 g/mol. The monoisotopic (exact) mass is 200 g/mol. The minimum Gasteiger partial charge on any atom is -0.312 e. The number of hydrogen-bond donors (Lipinski definition) is 0. The Morgan fingerprint density at radius 2 is 2.20 bits per heavy atom. The second-order valence-corrected chi connectivity index (χ2v) is 3.61. The third kappa shape index (κ3) is 1.84. The lowest BCUT2D eigenvalue weighted by molar-refractivity contribution is -0.117. The average Bonchev–Trinajstić information content (AvgIpc) is 2.66. The summed E-state index contributed by atoms with van der Waals surface area (Å²) in [6, 6.07) is 9.75. The van der Waals surface area contributed by atoms with Gasteiger partial charge in [-0.05, 0) is 18.1 Å². The van der Waals surface area contributed by atoms with Crippen molar-refractivity contribution in [2.24, 2.45) is 0 Å². The zero-order valence-electron chi connectivity index (χ0n) is 8.44. The molecule has 1 saturated heterocycles. The van der Waals surface area contributed by atoms with Gasteiger partial charge in [-0.3, -0.25) is 4.79 Å². The Kier molecular flexibility index (Phi) is 2.68. The molecule has 76 valence electrons. The Balaban J connectivity index is 2.34. The first-order valence-electron chi connectivity index (χ1n) is 5.08. The van der Waals surface area contributed by atoms with Crippen molar-refractivity contribution in [2.75, 3.05) is 11.4 Å². The van der Waals surface area contributed by atoms with Gasteiger partial charge in [-0.2, -0.15) is 5.26 Å². The Morgan fingerprint density at radius 1 is 1.40 bits per heavy atom. The SMILES string of the molecule is N#CCc1ccccc1N1CCCC1=O.